The van der Waals surface area contributed by atoms with Crippen LogP contribution in [0.4, 0.5) is 4.79 Å². The number of aryl methyl sites for hydroxylation is 1. The Morgan fingerprint density at radius 1 is 0.972 bits per heavy atom. The number of alkyl carbamates (subject to hydrolysis) is 1. The Kier molecular flexibility index (Phi) is 10.0. The minimum atomic E-state index is -1.05. The van der Waals surface area contributed by atoms with Gasteiger partial charge in [0.1, 0.15) is 24.2 Å². The second kappa shape index (κ2) is 12.7. The Hall–Kier alpha value is -3.88. The Morgan fingerprint density at radius 3 is 2.14 bits per heavy atom. The zero-order chi connectivity index (χ0) is 26.9. The number of rotatable bonds is 9. The van der Waals surface area contributed by atoms with Gasteiger partial charge in [0.15, 0.2) is 0 Å². The Balaban J connectivity index is 2.37. The van der Waals surface area contributed by atoms with Gasteiger partial charge in [-0.3, -0.25) is 14.4 Å². The predicted octanol–water partition coefficient (Wildman–Crippen LogP) is 2.92. The molecule has 0 aromatic heterocycles. The Morgan fingerprint density at radius 2 is 1.58 bits per heavy atom. The van der Waals surface area contributed by atoms with Crippen LogP contribution in [0.15, 0.2) is 54.6 Å². The number of nitrogens with zero attached hydrogens (tertiary/aromatic N) is 1. The number of hydrogen-bond donors (Lipinski definition) is 2. The van der Waals surface area contributed by atoms with E-state index in [0.717, 1.165) is 11.1 Å². The third-order valence-corrected chi connectivity index (χ3v) is 5.28. The largest absolute Gasteiger partial charge is 0.468 e. The molecular formula is C27H35N3O6. The van der Waals surface area contributed by atoms with Crippen molar-refractivity contribution in [2.45, 2.75) is 51.8 Å². The molecule has 3 amide bonds. The molecule has 9 nitrogen and oxygen atoms in total. The van der Waals surface area contributed by atoms with Crippen LogP contribution in [0.2, 0.25) is 0 Å². The van der Waals surface area contributed by atoms with Crippen molar-refractivity contribution in [2.24, 2.45) is 0 Å². The van der Waals surface area contributed by atoms with Crippen LogP contribution < -0.4 is 10.6 Å². The molecule has 0 saturated carbocycles. The lowest BCUT2D eigenvalue weighted by atomic mass is 10.0. The van der Waals surface area contributed by atoms with Crippen molar-refractivity contribution in [1.82, 2.24) is 15.5 Å². The second-order valence-electron chi connectivity index (χ2n) is 9.44. The summed E-state index contributed by atoms with van der Waals surface area (Å²) in [6, 6.07) is 14.3. The molecular weight excluding hydrogens is 462 g/mol. The second-order valence-corrected chi connectivity index (χ2v) is 9.44. The molecule has 36 heavy (non-hydrogen) atoms. The van der Waals surface area contributed by atoms with Crippen LogP contribution >= 0.6 is 0 Å². The van der Waals surface area contributed by atoms with Gasteiger partial charge in [0.2, 0.25) is 11.8 Å². The summed E-state index contributed by atoms with van der Waals surface area (Å²) in [4.78, 5) is 52.3. The van der Waals surface area contributed by atoms with E-state index in [9.17, 15) is 19.2 Å². The van der Waals surface area contributed by atoms with Crippen LogP contribution in [0.3, 0.4) is 0 Å². The molecule has 194 valence electrons. The third kappa shape index (κ3) is 8.72. The number of amides is 3. The van der Waals surface area contributed by atoms with Gasteiger partial charge in [0.05, 0.1) is 7.11 Å². The highest BCUT2D eigenvalue weighted by molar-refractivity contribution is 5.93. The molecule has 0 aliphatic carbocycles. The van der Waals surface area contributed by atoms with Crippen molar-refractivity contribution < 1.29 is 28.7 Å². The minimum absolute atomic E-state index is 0.188. The lowest BCUT2D eigenvalue weighted by Crippen LogP contribution is -2.52. The smallest absolute Gasteiger partial charge is 0.408 e. The summed E-state index contributed by atoms with van der Waals surface area (Å²) < 4.78 is 9.97. The molecule has 2 aromatic carbocycles. The number of likely N-dealkylation sites (N-methyl/N-ethyl adjacent to an activating group) is 1. The summed E-state index contributed by atoms with van der Waals surface area (Å²) in [6.07, 6.45) is -0.555. The fourth-order valence-corrected chi connectivity index (χ4v) is 3.50. The van der Waals surface area contributed by atoms with Gasteiger partial charge in [-0.1, -0.05) is 60.2 Å². The van der Waals surface area contributed by atoms with Crippen molar-refractivity contribution in [3.05, 3.63) is 71.3 Å². The average molecular weight is 498 g/mol. The van der Waals surface area contributed by atoms with Gasteiger partial charge in [-0.05, 0) is 38.8 Å². The van der Waals surface area contributed by atoms with E-state index in [0.29, 0.717) is 5.56 Å². The Bertz CT molecular complexity index is 1050. The van der Waals surface area contributed by atoms with Crippen LogP contribution in [-0.2, 0) is 30.3 Å². The quantitative estimate of drug-likeness (QED) is 0.515. The van der Waals surface area contributed by atoms with Crippen LogP contribution in [0, 0.1) is 6.92 Å². The first kappa shape index (κ1) is 28.4. The van der Waals surface area contributed by atoms with E-state index in [1.807, 2.05) is 49.4 Å². The van der Waals surface area contributed by atoms with E-state index in [-0.39, 0.29) is 13.0 Å². The minimum Gasteiger partial charge on any atom is -0.468 e. The summed E-state index contributed by atoms with van der Waals surface area (Å²) in [5.41, 5.74) is 1.60. The number of benzene rings is 2. The fraction of sp³-hybridized carbons (Fsp3) is 0.407. The van der Waals surface area contributed by atoms with Gasteiger partial charge in [0, 0.05) is 13.5 Å². The molecule has 2 unspecified atom stereocenters. The highest BCUT2D eigenvalue weighted by Crippen LogP contribution is 2.22. The molecule has 2 N–H and O–H groups in total. The lowest BCUT2D eigenvalue weighted by Gasteiger charge is -2.31. The maximum atomic E-state index is 13.7. The SMILES string of the molecule is COC(=O)CNC(=O)C(c1ccc(C)cc1)N(C)C(=O)C(Cc1ccccc1)NC(=O)OC(C)(C)C. The normalized spacial score (nSPS) is 12.6. The molecule has 0 spiro atoms. The summed E-state index contributed by atoms with van der Waals surface area (Å²) in [6.45, 7) is 6.75. The van der Waals surface area contributed by atoms with Crippen LogP contribution in [-0.4, -0.2) is 61.1 Å². The average Bonchev–Trinajstić information content (AvgIpc) is 2.82. The molecule has 0 bridgehead atoms. The highest BCUT2D eigenvalue weighted by Gasteiger charge is 2.34. The van der Waals surface area contributed by atoms with Gasteiger partial charge in [-0.25, -0.2) is 4.79 Å². The monoisotopic (exact) mass is 497 g/mol. The molecule has 2 atom stereocenters. The predicted molar refractivity (Wildman–Crippen MR) is 135 cm³/mol. The molecule has 2 aromatic rings. The van der Waals surface area contributed by atoms with Crippen molar-refractivity contribution in [3.8, 4) is 0 Å². The number of carbonyl (C=O) groups is 4. The molecule has 9 heteroatoms. The van der Waals surface area contributed by atoms with Crippen molar-refractivity contribution in [3.63, 3.8) is 0 Å². The van der Waals surface area contributed by atoms with Gasteiger partial charge in [0.25, 0.3) is 0 Å². The number of ether oxygens (including phenoxy) is 2. The van der Waals surface area contributed by atoms with E-state index in [2.05, 4.69) is 15.4 Å². The number of esters is 1. The van der Waals surface area contributed by atoms with Gasteiger partial charge < -0.3 is 25.0 Å². The number of nitrogens with one attached hydrogen (secondary N) is 2. The lowest BCUT2D eigenvalue weighted by molar-refractivity contribution is -0.143. The zero-order valence-electron chi connectivity index (χ0n) is 21.7. The number of methoxy groups -OCH3 is 1. The first-order valence-electron chi connectivity index (χ1n) is 11.6. The molecule has 0 heterocycles. The summed E-state index contributed by atoms with van der Waals surface area (Å²) >= 11 is 0. The molecule has 0 radical (unpaired) electrons. The summed E-state index contributed by atoms with van der Waals surface area (Å²) in [5, 5.41) is 5.18. The van der Waals surface area contributed by atoms with Crippen molar-refractivity contribution in [1.29, 1.82) is 0 Å². The van der Waals surface area contributed by atoms with Crippen LogP contribution in [0.25, 0.3) is 0 Å². The van der Waals surface area contributed by atoms with E-state index < -0.39 is 41.6 Å². The van der Waals surface area contributed by atoms with E-state index >= 15 is 0 Å². The van der Waals surface area contributed by atoms with E-state index in [1.165, 1.54) is 19.1 Å². The van der Waals surface area contributed by atoms with Crippen LogP contribution in [0.5, 0.6) is 0 Å². The Labute approximate surface area is 212 Å². The zero-order valence-corrected chi connectivity index (χ0v) is 21.7. The highest BCUT2D eigenvalue weighted by atomic mass is 16.6. The molecule has 0 aliphatic heterocycles. The first-order valence-corrected chi connectivity index (χ1v) is 11.6. The number of hydrogen-bond acceptors (Lipinski definition) is 6. The summed E-state index contributed by atoms with van der Waals surface area (Å²) in [7, 11) is 2.71. The molecule has 0 aliphatic rings. The maximum absolute atomic E-state index is 13.7. The first-order chi connectivity index (χ1) is 16.9. The molecule has 0 saturated heterocycles. The van der Waals surface area contributed by atoms with Crippen molar-refractivity contribution >= 4 is 23.9 Å². The van der Waals surface area contributed by atoms with Crippen molar-refractivity contribution in [2.75, 3.05) is 20.7 Å². The van der Waals surface area contributed by atoms with Gasteiger partial charge in [-0.2, -0.15) is 0 Å². The summed E-state index contributed by atoms with van der Waals surface area (Å²) in [5.74, 6) is -1.67. The molecule has 0 fully saturated rings. The number of carbonyl (C=O) groups excluding carboxylic acids is 4. The standard InChI is InChI=1S/C27H35N3O6/c1-18-12-14-20(15-13-18)23(24(32)28-17-22(31)35-6)30(5)25(33)21(16-19-10-8-7-9-11-19)29-26(34)36-27(2,3)4/h7-15,21,23H,16-17H2,1-6H3,(H,28,32)(H,29,34). The topological polar surface area (TPSA) is 114 Å². The van der Waals surface area contributed by atoms with Crippen LogP contribution in [0.1, 0.15) is 43.5 Å². The maximum Gasteiger partial charge on any atom is 0.408 e. The fourth-order valence-electron chi connectivity index (χ4n) is 3.50. The van der Waals surface area contributed by atoms with E-state index in [4.69, 9.17) is 4.74 Å². The molecule has 2 rings (SSSR count). The van der Waals surface area contributed by atoms with Gasteiger partial charge >= 0.3 is 12.1 Å². The van der Waals surface area contributed by atoms with E-state index in [1.54, 1.807) is 32.9 Å². The third-order valence-electron chi connectivity index (χ3n) is 5.28. The van der Waals surface area contributed by atoms with Gasteiger partial charge in [-0.15, -0.1) is 0 Å².